The van der Waals surface area contributed by atoms with Crippen molar-refractivity contribution < 1.29 is 9.90 Å². The maximum absolute atomic E-state index is 11.0. The maximum atomic E-state index is 11.0. The lowest BCUT2D eigenvalue weighted by molar-refractivity contribution is -0.00611. The van der Waals surface area contributed by atoms with Crippen molar-refractivity contribution in [3.05, 3.63) is 47.7 Å². The fraction of sp³-hybridized carbons (Fsp3) is 0.455. The molecule has 6 rings (SSSR count). The van der Waals surface area contributed by atoms with Crippen LogP contribution in [0.25, 0.3) is 11.3 Å². The van der Waals surface area contributed by atoms with Crippen molar-refractivity contribution in [1.29, 1.82) is 0 Å². The Morgan fingerprint density at radius 3 is 2.32 bits per heavy atom. The summed E-state index contributed by atoms with van der Waals surface area (Å²) < 4.78 is 0. The van der Waals surface area contributed by atoms with E-state index in [1.165, 1.54) is 38.5 Å². The number of aromatic hydroxyl groups is 1. The van der Waals surface area contributed by atoms with E-state index in [-0.39, 0.29) is 5.41 Å². The normalized spacial score (nSPS) is 32.7. The van der Waals surface area contributed by atoms with Crippen molar-refractivity contribution in [3.63, 3.8) is 0 Å². The number of hydrogen-bond donors (Lipinski definition) is 1. The van der Waals surface area contributed by atoms with E-state index in [2.05, 4.69) is 11.1 Å². The summed E-state index contributed by atoms with van der Waals surface area (Å²) in [6.07, 6.45) is 8.62. The average Bonchev–Trinajstić information content (AvgIpc) is 2.61. The molecule has 4 saturated carbocycles. The number of hydrogen-bond acceptors (Lipinski definition) is 3. The summed E-state index contributed by atoms with van der Waals surface area (Å²) in [6.45, 7) is 0. The lowest BCUT2D eigenvalue weighted by Crippen LogP contribution is -2.48. The standard InChI is InChI=1S/C22H23NO2/c24-13-18-2-1-3-20(23-18)17-4-5-21(25)19(9-17)22-10-14-6-15(11-22)8-16(7-14)12-22/h1-5,9,13-16,25H,6-8,10-12H2. The third-order valence-corrected chi connectivity index (χ3v) is 6.79. The van der Waals surface area contributed by atoms with Crippen LogP contribution in [-0.2, 0) is 5.41 Å². The lowest BCUT2D eigenvalue weighted by atomic mass is 9.48. The largest absolute Gasteiger partial charge is 0.508 e. The van der Waals surface area contributed by atoms with Gasteiger partial charge in [-0.1, -0.05) is 6.07 Å². The molecule has 128 valence electrons. The van der Waals surface area contributed by atoms with E-state index in [1.54, 1.807) is 6.07 Å². The predicted octanol–water partition coefficient (Wildman–Crippen LogP) is 4.73. The van der Waals surface area contributed by atoms with Gasteiger partial charge in [-0.15, -0.1) is 0 Å². The van der Waals surface area contributed by atoms with Crippen LogP contribution in [0.15, 0.2) is 36.4 Å². The minimum absolute atomic E-state index is 0.150. The van der Waals surface area contributed by atoms with Gasteiger partial charge in [0.15, 0.2) is 6.29 Å². The summed E-state index contributed by atoms with van der Waals surface area (Å²) in [6, 6.07) is 11.4. The minimum Gasteiger partial charge on any atom is -0.508 e. The van der Waals surface area contributed by atoms with Gasteiger partial charge in [-0.25, -0.2) is 4.98 Å². The van der Waals surface area contributed by atoms with Gasteiger partial charge in [0.05, 0.1) is 5.69 Å². The smallest absolute Gasteiger partial charge is 0.168 e. The molecule has 0 atom stereocenters. The Hall–Kier alpha value is -2.16. The highest BCUT2D eigenvalue weighted by Gasteiger charge is 2.52. The molecular weight excluding hydrogens is 310 g/mol. The van der Waals surface area contributed by atoms with Crippen LogP contribution in [0.2, 0.25) is 0 Å². The summed E-state index contributed by atoms with van der Waals surface area (Å²) in [7, 11) is 0. The number of rotatable bonds is 3. The second kappa shape index (κ2) is 5.42. The van der Waals surface area contributed by atoms with Crippen LogP contribution in [0.3, 0.4) is 0 Å². The van der Waals surface area contributed by atoms with Crippen LogP contribution >= 0.6 is 0 Å². The van der Waals surface area contributed by atoms with Crippen LogP contribution in [-0.4, -0.2) is 16.4 Å². The number of carbonyl (C=O) groups excluding carboxylic acids is 1. The van der Waals surface area contributed by atoms with E-state index in [0.29, 0.717) is 11.4 Å². The van der Waals surface area contributed by atoms with E-state index in [0.717, 1.165) is 40.9 Å². The highest BCUT2D eigenvalue weighted by atomic mass is 16.3. The van der Waals surface area contributed by atoms with Gasteiger partial charge in [0.2, 0.25) is 0 Å². The molecule has 1 aromatic carbocycles. The summed E-state index contributed by atoms with van der Waals surface area (Å²) >= 11 is 0. The first kappa shape index (κ1) is 15.1. The highest BCUT2D eigenvalue weighted by molar-refractivity contribution is 5.74. The molecule has 4 fully saturated rings. The molecular formula is C22H23NO2. The molecule has 3 nitrogen and oxygen atoms in total. The molecule has 0 amide bonds. The fourth-order valence-electron chi connectivity index (χ4n) is 6.24. The zero-order valence-electron chi connectivity index (χ0n) is 14.3. The van der Waals surface area contributed by atoms with Gasteiger partial charge in [0.1, 0.15) is 11.4 Å². The summed E-state index contributed by atoms with van der Waals surface area (Å²) in [5.74, 6) is 2.94. The molecule has 4 aliphatic rings. The molecule has 1 N–H and O–H groups in total. The molecule has 1 aromatic heterocycles. The molecule has 25 heavy (non-hydrogen) atoms. The minimum atomic E-state index is 0.150. The Balaban J connectivity index is 1.59. The molecule has 3 heteroatoms. The van der Waals surface area contributed by atoms with Gasteiger partial charge in [-0.3, -0.25) is 4.79 Å². The number of nitrogens with zero attached hydrogens (tertiary/aromatic N) is 1. The van der Waals surface area contributed by atoms with Gasteiger partial charge < -0.3 is 5.11 Å². The predicted molar refractivity (Wildman–Crippen MR) is 96.6 cm³/mol. The zero-order chi connectivity index (χ0) is 17.0. The van der Waals surface area contributed by atoms with E-state index >= 15 is 0 Å². The molecule has 4 aliphatic carbocycles. The summed E-state index contributed by atoms with van der Waals surface area (Å²) in [5.41, 5.74) is 3.50. The first-order chi connectivity index (χ1) is 12.1. The second-order valence-electron chi connectivity index (χ2n) is 8.50. The molecule has 0 unspecified atom stereocenters. The van der Waals surface area contributed by atoms with Crippen LogP contribution in [0.4, 0.5) is 0 Å². The van der Waals surface area contributed by atoms with Crippen molar-refractivity contribution in [3.8, 4) is 17.0 Å². The number of carbonyl (C=O) groups is 1. The van der Waals surface area contributed by atoms with Crippen LogP contribution in [0, 0.1) is 17.8 Å². The Morgan fingerprint density at radius 1 is 1.00 bits per heavy atom. The van der Waals surface area contributed by atoms with Gasteiger partial charge >= 0.3 is 0 Å². The molecule has 0 spiro atoms. The first-order valence-corrected chi connectivity index (χ1v) is 9.41. The van der Waals surface area contributed by atoms with Crippen LogP contribution < -0.4 is 0 Å². The Morgan fingerprint density at radius 2 is 1.68 bits per heavy atom. The van der Waals surface area contributed by atoms with E-state index in [4.69, 9.17) is 0 Å². The summed E-state index contributed by atoms with van der Waals surface area (Å²) in [5, 5.41) is 10.7. The van der Waals surface area contributed by atoms with Crippen molar-refractivity contribution in [2.45, 2.75) is 43.9 Å². The third-order valence-electron chi connectivity index (χ3n) is 6.79. The lowest BCUT2D eigenvalue weighted by Gasteiger charge is -2.57. The monoisotopic (exact) mass is 333 g/mol. The maximum Gasteiger partial charge on any atom is 0.168 e. The number of pyridine rings is 1. The molecule has 2 aromatic rings. The van der Waals surface area contributed by atoms with E-state index in [1.807, 2.05) is 24.3 Å². The molecule has 0 radical (unpaired) electrons. The number of benzene rings is 1. The number of phenols is 1. The second-order valence-corrected chi connectivity index (χ2v) is 8.50. The summed E-state index contributed by atoms with van der Waals surface area (Å²) in [4.78, 5) is 15.5. The third kappa shape index (κ3) is 2.40. The van der Waals surface area contributed by atoms with Gasteiger partial charge in [-0.05, 0) is 92.0 Å². The Labute approximate surface area is 148 Å². The highest BCUT2D eigenvalue weighted by Crippen LogP contribution is 2.62. The Bertz CT molecular complexity index is 806. The number of phenolic OH excluding ortho intramolecular Hbond substituents is 1. The Kier molecular flexibility index (Phi) is 3.28. The molecule has 0 saturated heterocycles. The van der Waals surface area contributed by atoms with Crippen molar-refractivity contribution >= 4 is 6.29 Å². The van der Waals surface area contributed by atoms with Crippen molar-refractivity contribution in [2.24, 2.45) is 17.8 Å². The van der Waals surface area contributed by atoms with Crippen molar-refractivity contribution in [1.82, 2.24) is 4.98 Å². The van der Waals surface area contributed by atoms with Gasteiger partial charge in [0, 0.05) is 11.1 Å². The fourth-order valence-corrected chi connectivity index (χ4v) is 6.24. The number of aldehydes is 1. The van der Waals surface area contributed by atoms with Crippen LogP contribution in [0.1, 0.15) is 54.6 Å². The van der Waals surface area contributed by atoms with E-state index < -0.39 is 0 Å². The van der Waals surface area contributed by atoms with Crippen LogP contribution in [0.5, 0.6) is 5.75 Å². The molecule has 1 heterocycles. The zero-order valence-corrected chi connectivity index (χ0v) is 14.3. The topological polar surface area (TPSA) is 50.2 Å². The van der Waals surface area contributed by atoms with Crippen molar-refractivity contribution in [2.75, 3.05) is 0 Å². The first-order valence-electron chi connectivity index (χ1n) is 9.41. The molecule has 4 bridgehead atoms. The van der Waals surface area contributed by atoms with Gasteiger partial charge in [0.25, 0.3) is 0 Å². The van der Waals surface area contributed by atoms with E-state index in [9.17, 15) is 9.90 Å². The quantitative estimate of drug-likeness (QED) is 0.826. The SMILES string of the molecule is O=Cc1cccc(-c2ccc(O)c(C34CC5CC(CC(C5)C3)C4)c2)n1. The molecule has 0 aliphatic heterocycles. The van der Waals surface area contributed by atoms with Gasteiger partial charge in [-0.2, -0.15) is 0 Å². The number of aromatic nitrogens is 1. The average molecular weight is 333 g/mol.